The summed E-state index contributed by atoms with van der Waals surface area (Å²) in [5.41, 5.74) is 0.580. The normalized spacial score (nSPS) is 14.8. The number of aromatic nitrogens is 1. The van der Waals surface area contributed by atoms with Crippen molar-refractivity contribution in [2.75, 3.05) is 6.54 Å². The molecule has 1 saturated carbocycles. The molecular formula is C18H23N3O5. The molecule has 2 aromatic rings. The van der Waals surface area contributed by atoms with Gasteiger partial charge in [0.1, 0.15) is 0 Å². The molecule has 1 fully saturated rings. The van der Waals surface area contributed by atoms with Crippen LogP contribution in [-0.4, -0.2) is 32.9 Å². The number of aryl methyl sites for hydroxylation is 1. The molecule has 1 heterocycles. The van der Waals surface area contributed by atoms with Gasteiger partial charge in [0.15, 0.2) is 5.58 Å². The molecule has 0 unspecified atom stereocenters. The Balaban J connectivity index is 1.66. The number of hydrogen-bond acceptors (Lipinski definition) is 5. The van der Waals surface area contributed by atoms with E-state index in [2.05, 4.69) is 0 Å². The third kappa shape index (κ3) is 3.63. The Kier molecular flexibility index (Phi) is 5.39. The first kappa shape index (κ1) is 18.2. The summed E-state index contributed by atoms with van der Waals surface area (Å²) in [6.45, 7) is 3.05. The summed E-state index contributed by atoms with van der Waals surface area (Å²) >= 11 is 0. The van der Waals surface area contributed by atoms with Gasteiger partial charge in [0.25, 0.3) is 5.69 Å². The number of carbonyl (C=O) groups excluding carboxylic acids is 1. The molecule has 0 spiro atoms. The van der Waals surface area contributed by atoms with Gasteiger partial charge in [-0.3, -0.25) is 19.5 Å². The number of amides is 1. The topological polar surface area (TPSA) is 98.6 Å². The lowest BCUT2D eigenvalue weighted by Gasteiger charge is -2.27. The number of oxazole rings is 1. The molecular weight excluding hydrogens is 338 g/mol. The molecule has 1 aliphatic rings. The summed E-state index contributed by atoms with van der Waals surface area (Å²) in [6.07, 6.45) is 5.40. The second-order valence-corrected chi connectivity index (χ2v) is 6.65. The number of fused-ring (bicyclic) bond motifs is 1. The van der Waals surface area contributed by atoms with E-state index in [9.17, 15) is 19.7 Å². The molecule has 26 heavy (non-hydrogen) atoms. The van der Waals surface area contributed by atoms with Crippen molar-refractivity contribution in [2.24, 2.45) is 0 Å². The van der Waals surface area contributed by atoms with Crippen LogP contribution in [0.1, 0.15) is 45.4 Å². The first-order chi connectivity index (χ1) is 12.5. The van der Waals surface area contributed by atoms with E-state index in [1.807, 2.05) is 11.8 Å². The van der Waals surface area contributed by atoms with Crippen molar-refractivity contribution in [3.8, 4) is 0 Å². The van der Waals surface area contributed by atoms with Crippen LogP contribution in [0.4, 0.5) is 5.69 Å². The van der Waals surface area contributed by atoms with Crippen molar-refractivity contribution in [1.29, 1.82) is 0 Å². The van der Waals surface area contributed by atoms with Crippen LogP contribution in [0, 0.1) is 10.1 Å². The lowest BCUT2D eigenvalue weighted by molar-refractivity contribution is -0.384. The van der Waals surface area contributed by atoms with Crippen molar-refractivity contribution < 1.29 is 14.1 Å². The van der Waals surface area contributed by atoms with Gasteiger partial charge in [0.2, 0.25) is 5.91 Å². The minimum absolute atomic E-state index is 0.121. The van der Waals surface area contributed by atoms with E-state index in [0.29, 0.717) is 37.5 Å². The van der Waals surface area contributed by atoms with E-state index >= 15 is 0 Å². The van der Waals surface area contributed by atoms with Gasteiger partial charge in [-0.15, -0.1) is 0 Å². The van der Waals surface area contributed by atoms with Gasteiger partial charge in [0, 0.05) is 31.6 Å². The fourth-order valence-corrected chi connectivity index (χ4v) is 3.77. The highest BCUT2D eigenvalue weighted by molar-refractivity contribution is 5.77. The molecule has 0 radical (unpaired) electrons. The van der Waals surface area contributed by atoms with Crippen LogP contribution in [0.2, 0.25) is 0 Å². The minimum atomic E-state index is -0.559. The van der Waals surface area contributed by atoms with E-state index in [1.165, 1.54) is 35.6 Å². The summed E-state index contributed by atoms with van der Waals surface area (Å²) in [7, 11) is 0. The van der Waals surface area contributed by atoms with Gasteiger partial charge in [-0.2, -0.15) is 0 Å². The third-order valence-electron chi connectivity index (χ3n) is 5.06. The van der Waals surface area contributed by atoms with Crippen LogP contribution in [0.5, 0.6) is 0 Å². The van der Waals surface area contributed by atoms with E-state index in [4.69, 9.17) is 4.42 Å². The SMILES string of the molecule is CCN(C(=O)CCCn1c(=O)oc2cc([N+](=O)[O-])ccc21)C1CCCC1. The third-order valence-corrected chi connectivity index (χ3v) is 5.06. The first-order valence-electron chi connectivity index (χ1n) is 9.08. The number of rotatable bonds is 7. The number of hydrogen-bond donors (Lipinski definition) is 0. The monoisotopic (exact) mass is 361 g/mol. The van der Waals surface area contributed by atoms with Crippen LogP contribution >= 0.6 is 0 Å². The van der Waals surface area contributed by atoms with E-state index in [1.54, 1.807) is 0 Å². The van der Waals surface area contributed by atoms with E-state index in [-0.39, 0.29) is 17.2 Å². The number of nitro benzene ring substituents is 1. The number of nitro groups is 1. The molecule has 3 rings (SSSR count). The molecule has 1 amide bonds. The Labute approximate surface area is 150 Å². The van der Waals surface area contributed by atoms with Crippen LogP contribution < -0.4 is 5.76 Å². The second kappa shape index (κ2) is 7.72. The first-order valence-corrected chi connectivity index (χ1v) is 9.08. The number of non-ortho nitro benzene ring substituents is 1. The van der Waals surface area contributed by atoms with Gasteiger partial charge in [-0.1, -0.05) is 12.8 Å². The summed E-state index contributed by atoms with van der Waals surface area (Å²) in [5, 5.41) is 10.8. The highest BCUT2D eigenvalue weighted by atomic mass is 16.6. The Morgan fingerprint density at radius 1 is 1.38 bits per heavy atom. The average Bonchev–Trinajstić information content (AvgIpc) is 3.23. The molecule has 0 atom stereocenters. The lowest BCUT2D eigenvalue weighted by atomic mass is 10.1. The minimum Gasteiger partial charge on any atom is -0.407 e. The molecule has 8 nitrogen and oxygen atoms in total. The molecule has 8 heteroatoms. The van der Waals surface area contributed by atoms with Crippen molar-refractivity contribution in [3.05, 3.63) is 38.9 Å². The molecule has 0 N–H and O–H groups in total. The Morgan fingerprint density at radius 3 is 2.77 bits per heavy atom. The second-order valence-electron chi connectivity index (χ2n) is 6.65. The molecule has 0 aliphatic heterocycles. The van der Waals surface area contributed by atoms with Crippen molar-refractivity contribution >= 4 is 22.7 Å². The highest BCUT2D eigenvalue weighted by Crippen LogP contribution is 2.24. The fourth-order valence-electron chi connectivity index (χ4n) is 3.77. The molecule has 0 bridgehead atoms. The molecule has 1 aromatic heterocycles. The molecule has 1 aliphatic carbocycles. The lowest BCUT2D eigenvalue weighted by Crippen LogP contribution is -2.38. The smallest absolute Gasteiger partial charge is 0.407 e. The van der Waals surface area contributed by atoms with Crippen molar-refractivity contribution in [2.45, 2.75) is 58.0 Å². The summed E-state index contributed by atoms with van der Waals surface area (Å²) in [4.78, 5) is 36.8. The molecule has 0 saturated heterocycles. The van der Waals surface area contributed by atoms with Crippen molar-refractivity contribution in [1.82, 2.24) is 9.47 Å². The van der Waals surface area contributed by atoms with E-state index in [0.717, 1.165) is 12.8 Å². The molecule has 140 valence electrons. The van der Waals surface area contributed by atoms with Gasteiger partial charge in [0.05, 0.1) is 16.5 Å². The maximum absolute atomic E-state index is 12.5. The zero-order valence-corrected chi connectivity index (χ0v) is 14.8. The summed E-state index contributed by atoms with van der Waals surface area (Å²) in [5.74, 6) is -0.438. The van der Waals surface area contributed by atoms with E-state index < -0.39 is 10.7 Å². The number of carbonyl (C=O) groups is 1. The largest absolute Gasteiger partial charge is 0.419 e. The number of benzene rings is 1. The highest BCUT2D eigenvalue weighted by Gasteiger charge is 2.25. The maximum Gasteiger partial charge on any atom is 0.419 e. The van der Waals surface area contributed by atoms with Gasteiger partial charge < -0.3 is 9.32 Å². The average molecular weight is 361 g/mol. The van der Waals surface area contributed by atoms with Gasteiger partial charge in [-0.05, 0) is 32.3 Å². The Morgan fingerprint density at radius 2 is 2.12 bits per heavy atom. The standard InChI is InChI=1S/C18H23N3O5/c1-2-19(13-6-3-4-7-13)17(22)8-5-11-20-15-10-9-14(21(24)25)12-16(15)26-18(20)23/h9-10,12-13H,2-8,11H2,1H3. The zero-order valence-electron chi connectivity index (χ0n) is 14.8. The summed E-state index contributed by atoms with van der Waals surface area (Å²) in [6, 6.07) is 4.46. The van der Waals surface area contributed by atoms with Crippen LogP contribution in [0.15, 0.2) is 27.4 Å². The van der Waals surface area contributed by atoms with Crippen LogP contribution in [-0.2, 0) is 11.3 Å². The molecule has 1 aromatic carbocycles. The number of nitrogens with zero attached hydrogens (tertiary/aromatic N) is 3. The van der Waals surface area contributed by atoms with Crippen LogP contribution in [0.3, 0.4) is 0 Å². The quantitative estimate of drug-likeness (QED) is 0.557. The summed E-state index contributed by atoms with van der Waals surface area (Å²) < 4.78 is 6.53. The fraction of sp³-hybridized carbons (Fsp3) is 0.556. The zero-order chi connectivity index (χ0) is 18.7. The van der Waals surface area contributed by atoms with Gasteiger partial charge >= 0.3 is 5.76 Å². The Bertz CT molecular complexity index is 863. The maximum atomic E-state index is 12.5. The predicted molar refractivity (Wildman–Crippen MR) is 96.0 cm³/mol. The van der Waals surface area contributed by atoms with Crippen molar-refractivity contribution in [3.63, 3.8) is 0 Å². The van der Waals surface area contributed by atoms with Gasteiger partial charge in [-0.25, -0.2) is 4.79 Å². The van der Waals surface area contributed by atoms with Crippen LogP contribution in [0.25, 0.3) is 11.1 Å². The Hall–Kier alpha value is -2.64. The predicted octanol–water partition coefficient (Wildman–Crippen LogP) is 3.07.